The standard InChI is InChI=1S/C17H17N3/c1-20-12-4-2-3-11(8-18)16(12)19-17(20)15-13-9-5-6-10(7-9)14(13)15/h2-4,9-10,13-15H,5-7H2,1H3. The van der Waals surface area contributed by atoms with Crippen LogP contribution < -0.4 is 0 Å². The Balaban J connectivity index is 1.65. The van der Waals surface area contributed by atoms with Crippen LogP contribution in [0.1, 0.15) is 36.6 Å². The van der Waals surface area contributed by atoms with Gasteiger partial charge < -0.3 is 4.57 Å². The Labute approximate surface area is 118 Å². The van der Waals surface area contributed by atoms with E-state index in [-0.39, 0.29) is 0 Å². The van der Waals surface area contributed by atoms with Crippen LogP contribution in [0.3, 0.4) is 0 Å². The largest absolute Gasteiger partial charge is 0.331 e. The molecule has 0 N–H and O–H groups in total. The lowest BCUT2D eigenvalue weighted by molar-refractivity contribution is 0.456. The quantitative estimate of drug-likeness (QED) is 0.792. The first-order valence-electron chi connectivity index (χ1n) is 7.65. The minimum atomic E-state index is 0.671. The number of nitriles is 1. The Morgan fingerprint density at radius 2 is 2.00 bits per heavy atom. The lowest BCUT2D eigenvalue weighted by atomic mass is 10.0. The van der Waals surface area contributed by atoms with E-state index in [2.05, 4.69) is 23.8 Å². The van der Waals surface area contributed by atoms with Gasteiger partial charge in [-0.3, -0.25) is 0 Å². The highest BCUT2D eigenvalue weighted by Gasteiger charge is 2.66. The number of hydrogen-bond donors (Lipinski definition) is 0. The van der Waals surface area contributed by atoms with E-state index < -0.39 is 0 Å². The zero-order chi connectivity index (χ0) is 13.4. The fourth-order valence-electron chi connectivity index (χ4n) is 5.29. The molecule has 3 fully saturated rings. The van der Waals surface area contributed by atoms with Crippen molar-refractivity contribution in [1.29, 1.82) is 5.26 Å². The number of aryl methyl sites for hydroxylation is 1. The van der Waals surface area contributed by atoms with Crippen LogP contribution in [0, 0.1) is 35.0 Å². The normalized spacial score (nSPS) is 37.1. The molecule has 4 atom stereocenters. The molecule has 20 heavy (non-hydrogen) atoms. The third-order valence-corrected chi connectivity index (χ3v) is 6.10. The molecule has 0 radical (unpaired) electrons. The lowest BCUT2D eigenvalue weighted by Crippen LogP contribution is -2.03. The summed E-state index contributed by atoms with van der Waals surface area (Å²) in [5, 5.41) is 9.25. The number of fused-ring (bicyclic) bond motifs is 6. The van der Waals surface area contributed by atoms with Crippen LogP contribution in [0.5, 0.6) is 0 Å². The molecule has 0 aliphatic heterocycles. The molecule has 4 unspecified atom stereocenters. The minimum absolute atomic E-state index is 0.671. The molecule has 3 heteroatoms. The topological polar surface area (TPSA) is 41.6 Å². The van der Waals surface area contributed by atoms with Gasteiger partial charge in [0.1, 0.15) is 17.4 Å². The zero-order valence-electron chi connectivity index (χ0n) is 11.6. The zero-order valence-corrected chi connectivity index (χ0v) is 11.6. The molecule has 1 aromatic carbocycles. The van der Waals surface area contributed by atoms with Gasteiger partial charge in [0, 0.05) is 13.0 Å². The fraction of sp³-hybridized carbons (Fsp3) is 0.529. The smallest absolute Gasteiger partial charge is 0.113 e. The predicted molar refractivity (Wildman–Crippen MR) is 76.0 cm³/mol. The summed E-state index contributed by atoms with van der Waals surface area (Å²) in [7, 11) is 2.11. The SMILES string of the molecule is Cn1c(C2C3C4CCC(C4)C23)nc2c(C#N)cccc21. The molecule has 0 spiro atoms. The van der Waals surface area contributed by atoms with E-state index in [1.807, 2.05) is 12.1 Å². The van der Waals surface area contributed by atoms with Crippen LogP contribution in [-0.4, -0.2) is 9.55 Å². The van der Waals surface area contributed by atoms with Crippen molar-refractivity contribution in [2.75, 3.05) is 0 Å². The molecule has 2 bridgehead atoms. The van der Waals surface area contributed by atoms with Gasteiger partial charge >= 0.3 is 0 Å². The summed E-state index contributed by atoms with van der Waals surface area (Å²) in [6, 6.07) is 8.19. The van der Waals surface area contributed by atoms with Crippen LogP contribution in [-0.2, 0) is 7.05 Å². The van der Waals surface area contributed by atoms with Crippen LogP contribution in [0.25, 0.3) is 11.0 Å². The number of imidazole rings is 1. The van der Waals surface area contributed by atoms with E-state index in [0.29, 0.717) is 11.5 Å². The molecule has 3 aliphatic rings. The Kier molecular flexibility index (Phi) is 1.87. The van der Waals surface area contributed by atoms with Gasteiger partial charge in [-0.25, -0.2) is 4.98 Å². The predicted octanol–water partition coefficient (Wildman–Crippen LogP) is 3.20. The van der Waals surface area contributed by atoms with Gasteiger partial charge in [-0.2, -0.15) is 5.26 Å². The van der Waals surface area contributed by atoms with Gasteiger partial charge in [0.25, 0.3) is 0 Å². The highest BCUT2D eigenvalue weighted by molar-refractivity contribution is 5.82. The molecule has 1 aromatic heterocycles. The summed E-state index contributed by atoms with van der Waals surface area (Å²) < 4.78 is 2.23. The average Bonchev–Trinajstić information content (AvgIpc) is 2.80. The highest BCUT2D eigenvalue weighted by Crippen LogP contribution is 2.72. The van der Waals surface area contributed by atoms with Crippen molar-refractivity contribution in [3.8, 4) is 6.07 Å². The number of para-hydroxylation sites is 1. The molecule has 1 heterocycles. The Bertz CT molecular complexity index is 750. The summed E-state index contributed by atoms with van der Waals surface area (Å²) in [4.78, 5) is 4.86. The third kappa shape index (κ3) is 1.14. The fourth-order valence-corrected chi connectivity index (χ4v) is 5.29. The summed E-state index contributed by atoms with van der Waals surface area (Å²) >= 11 is 0. The van der Waals surface area contributed by atoms with Crippen LogP contribution in [0.2, 0.25) is 0 Å². The van der Waals surface area contributed by atoms with E-state index in [1.165, 1.54) is 25.1 Å². The molecule has 2 aromatic rings. The van der Waals surface area contributed by atoms with E-state index in [1.54, 1.807) is 0 Å². The number of rotatable bonds is 1. The molecular weight excluding hydrogens is 246 g/mol. The maximum Gasteiger partial charge on any atom is 0.113 e. The van der Waals surface area contributed by atoms with Gasteiger partial charge in [0.05, 0.1) is 11.1 Å². The molecule has 100 valence electrons. The van der Waals surface area contributed by atoms with Crippen molar-refractivity contribution in [3.05, 3.63) is 29.6 Å². The van der Waals surface area contributed by atoms with E-state index in [0.717, 1.165) is 34.7 Å². The number of benzene rings is 1. The minimum Gasteiger partial charge on any atom is -0.331 e. The maximum atomic E-state index is 9.25. The molecule has 3 nitrogen and oxygen atoms in total. The molecular formula is C17H17N3. The van der Waals surface area contributed by atoms with E-state index >= 15 is 0 Å². The molecule has 0 amide bonds. The summed E-state index contributed by atoms with van der Waals surface area (Å²) in [5.41, 5.74) is 2.71. The summed E-state index contributed by atoms with van der Waals surface area (Å²) in [6.45, 7) is 0. The van der Waals surface area contributed by atoms with Crippen LogP contribution in [0.4, 0.5) is 0 Å². The second kappa shape index (κ2) is 3.44. The van der Waals surface area contributed by atoms with E-state index in [9.17, 15) is 5.26 Å². The van der Waals surface area contributed by atoms with Crippen LogP contribution >= 0.6 is 0 Å². The van der Waals surface area contributed by atoms with Gasteiger partial charge in [-0.15, -0.1) is 0 Å². The monoisotopic (exact) mass is 263 g/mol. The second-order valence-corrected chi connectivity index (χ2v) is 6.83. The molecule has 5 rings (SSSR count). The van der Waals surface area contributed by atoms with Crippen molar-refractivity contribution in [2.45, 2.75) is 25.2 Å². The van der Waals surface area contributed by atoms with Gasteiger partial charge in [-0.1, -0.05) is 6.07 Å². The maximum absolute atomic E-state index is 9.25. The van der Waals surface area contributed by atoms with Crippen molar-refractivity contribution >= 4 is 11.0 Å². The van der Waals surface area contributed by atoms with Gasteiger partial charge in [-0.05, 0) is 55.1 Å². The Morgan fingerprint density at radius 3 is 2.70 bits per heavy atom. The average molecular weight is 263 g/mol. The number of nitrogens with zero attached hydrogens (tertiary/aromatic N) is 3. The van der Waals surface area contributed by atoms with Crippen molar-refractivity contribution in [2.24, 2.45) is 30.7 Å². The first-order valence-corrected chi connectivity index (χ1v) is 7.65. The summed E-state index contributed by atoms with van der Waals surface area (Å²) in [6.07, 6.45) is 4.35. The van der Waals surface area contributed by atoms with Crippen molar-refractivity contribution in [3.63, 3.8) is 0 Å². The Hall–Kier alpha value is -1.82. The highest BCUT2D eigenvalue weighted by atomic mass is 15.1. The van der Waals surface area contributed by atoms with Crippen molar-refractivity contribution in [1.82, 2.24) is 9.55 Å². The summed E-state index contributed by atoms with van der Waals surface area (Å²) in [5.74, 6) is 5.62. The molecule has 3 aliphatic carbocycles. The molecule has 0 saturated heterocycles. The molecule has 3 saturated carbocycles. The third-order valence-electron chi connectivity index (χ3n) is 6.10. The number of aromatic nitrogens is 2. The van der Waals surface area contributed by atoms with Gasteiger partial charge in [0.2, 0.25) is 0 Å². The lowest BCUT2D eigenvalue weighted by Gasteiger charge is -2.08. The van der Waals surface area contributed by atoms with Gasteiger partial charge in [0.15, 0.2) is 0 Å². The van der Waals surface area contributed by atoms with E-state index in [4.69, 9.17) is 4.98 Å². The number of hydrogen-bond acceptors (Lipinski definition) is 2. The first-order chi connectivity index (χ1) is 9.79. The Morgan fingerprint density at radius 1 is 1.25 bits per heavy atom. The van der Waals surface area contributed by atoms with Crippen LogP contribution in [0.15, 0.2) is 18.2 Å². The second-order valence-electron chi connectivity index (χ2n) is 6.83. The first kappa shape index (κ1) is 10.9. The van der Waals surface area contributed by atoms with Crippen molar-refractivity contribution < 1.29 is 0 Å².